The summed E-state index contributed by atoms with van der Waals surface area (Å²) in [5.41, 5.74) is 3.64. The number of amides is 1. The Labute approximate surface area is 151 Å². The molecule has 2 aliphatic rings. The number of carbonyl (C=O) groups excluding carboxylic acids is 1. The van der Waals surface area contributed by atoms with Crippen LogP contribution in [-0.2, 0) is 11.3 Å². The second-order valence-corrected chi connectivity index (χ2v) is 7.74. The van der Waals surface area contributed by atoms with E-state index in [1.165, 1.54) is 4.88 Å². The zero-order chi connectivity index (χ0) is 17.2. The van der Waals surface area contributed by atoms with E-state index in [0.717, 1.165) is 31.9 Å². The average molecular weight is 358 g/mol. The van der Waals surface area contributed by atoms with Gasteiger partial charge in [-0.1, -0.05) is 0 Å². The molecule has 0 bridgehead atoms. The molecule has 2 aromatic heterocycles. The lowest BCUT2D eigenvalue weighted by molar-refractivity contribution is 0.0904. The van der Waals surface area contributed by atoms with Gasteiger partial charge in [0.15, 0.2) is 0 Å². The molecule has 4 heterocycles. The lowest BCUT2D eigenvalue weighted by Gasteiger charge is -2.19. The number of hydrogen-bond donors (Lipinski definition) is 1. The van der Waals surface area contributed by atoms with Crippen molar-refractivity contribution in [3.8, 4) is 0 Å². The second kappa shape index (κ2) is 7.19. The van der Waals surface area contributed by atoms with Crippen molar-refractivity contribution in [1.29, 1.82) is 0 Å². The van der Waals surface area contributed by atoms with Crippen molar-refractivity contribution in [3.05, 3.63) is 46.2 Å². The number of carbonyl (C=O) groups is 1. The molecule has 0 aromatic carbocycles. The van der Waals surface area contributed by atoms with Crippen LogP contribution in [0.25, 0.3) is 0 Å². The van der Waals surface area contributed by atoms with E-state index >= 15 is 0 Å². The number of aromatic nitrogens is 2. The van der Waals surface area contributed by atoms with Crippen LogP contribution in [-0.4, -0.2) is 53.1 Å². The Morgan fingerprint density at radius 3 is 3.16 bits per heavy atom. The quantitative estimate of drug-likeness (QED) is 0.882. The van der Waals surface area contributed by atoms with Crippen LogP contribution in [0.1, 0.15) is 20.9 Å². The maximum absolute atomic E-state index is 12.2. The van der Waals surface area contributed by atoms with Gasteiger partial charge in [-0.15, -0.1) is 11.3 Å². The number of aryl methyl sites for hydroxylation is 1. The summed E-state index contributed by atoms with van der Waals surface area (Å²) in [5.74, 6) is 0.798. The van der Waals surface area contributed by atoms with Crippen LogP contribution in [0, 0.1) is 18.8 Å². The minimum atomic E-state index is -0.0633. The predicted octanol–water partition coefficient (Wildman–Crippen LogP) is 1.72. The van der Waals surface area contributed by atoms with Gasteiger partial charge in [0.05, 0.1) is 29.5 Å². The number of nitrogens with zero attached hydrogens (tertiary/aromatic N) is 3. The fraction of sp³-hybridized carbons (Fsp3) is 0.500. The van der Waals surface area contributed by atoms with Gasteiger partial charge in [0, 0.05) is 55.3 Å². The van der Waals surface area contributed by atoms with E-state index in [0.29, 0.717) is 23.9 Å². The standard InChI is InChI=1S/C18H22N4O2S/c1-12-17(25-11-21-12)9-22-7-15-14(10-24-16(15)8-22)6-20-18(23)13-3-2-4-19-5-13/h2-5,11,14-16H,6-10H2,1H3,(H,20,23)/t14-,15-,16-/m1/s1. The van der Waals surface area contributed by atoms with Crippen molar-refractivity contribution in [2.75, 3.05) is 26.2 Å². The Morgan fingerprint density at radius 2 is 2.40 bits per heavy atom. The van der Waals surface area contributed by atoms with Crippen molar-refractivity contribution in [2.45, 2.75) is 19.6 Å². The van der Waals surface area contributed by atoms with E-state index in [-0.39, 0.29) is 12.0 Å². The van der Waals surface area contributed by atoms with Crippen LogP contribution >= 0.6 is 11.3 Å². The third kappa shape index (κ3) is 3.58. The number of nitrogens with one attached hydrogen (secondary N) is 1. The maximum Gasteiger partial charge on any atom is 0.252 e. The summed E-state index contributed by atoms with van der Waals surface area (Å²) in [5, 5.41) is 3.04. The maximum atomic E-state index is 12.2. The summed E-state index contributed by atoms with van der Waals surface area (Å²) in [6, 6.07) is 3.56. The van der Waals surface area contributed by atoms with Gasteiger partial charge in [-0.05, 0) is 19.1 Å². The van der Waals surface area contributed by atoms with Gasteiger partial charge in [-0.3, -0.25) is 14.7 Å². The number of likely N-dealkylation sites (tertiary alicyclic amines) is 1. The summed E-state index contributed by atoms with van der Waals surface area (Å²) in [6.45, 7) is 6.39. The topological polar surface area (TPSA) is 67.4 Å². The summed E-state index contributed by atoms with van der Waals surface area (Å²) in [6.07, 6.45) is 3.55. The lowest BCUT2D eigenvalue weighted by atomic mass is 9.93. The minimum Gasteiger partial charge on any atom is -0.376 e. The van der Waals surface area contributed by atoms with Gasteiger partial charge >= 0.3 is 0 Å². The number of ether oxygens (including phenoxy) is 1. The molecule has 0 aliphatic carbocycles. The molecule has 25 heavy (non-hydrogen) atoms. The highest BCUT2D eigenvalue weighted by atomic mass is 32.1. The molecule has 0 unspecified atom stereocenters. The Bertz CT molecular complexity index is 736. The number of hydrogen-bond acceptors (Lipinski definition) is 6. The van der Waals surface area contributed by atoms with Crippen LogP contribution in [0.2, 0.25) is 0 Å². The second-order valence-electron chi connectivity index (χ2n) is 6.80. The smallest absolute Gasteiger partial charge is 0.252 e. The Balaban J connectivity index is 1.31. The minimum absolute atomic E-state index is 0.0633. The first-order valence-electron chi connectivity index (χ1n) is 8.62. The van der Waals surface area contributed by atoms with Gasteiger partial charge in [0.2, 0.25) is 0 Å². The molecule has 4 rings (SSSR count). The van der Waals surface area contributed by atoms with Crippen LogP contribution < -0.4 is 5.32 Å². The highest BCUT2D eigenvalue weighted by Crippen LogP contribution is 2.34. The van der Waals surface area contributed by atoms with E-state index < -0.39 is 0 Å². The summed E-state index contributed by atoms with van der Waals surface area (Å²) < 4.78 is 5.99. The largest absolute Gasteiger partial charge is 0.376 e. The Hall–Kier alpha value is -1.83. The van der Waals surface area contributed by atoms with E-state index in [4.69, 9.17) is 4.74 Å². The molecular formula is C18H22N4O2S. The lowest BCUT2D eigenvalue weighted by Crippen LogP contribution is -2.34. The molecule has 3 atom stereocenters. The monoisotopic (exact) mass is 358 g/mol. The zero-order valence-corrected chi connectivity index (χ0v) is 15.0. The molecule has 2 aromatic rings. The van der Waals surface area contributed by atoms with Crippen molar-refractivity contribution < 1.29 is 9.53 Å². The Kier molecular flexibility index (Phi) is 4.78. The molecule has 2 fully saturated rings. The fourth-order valence-corrected chi connectivity index (χ4v) is 4.54. The molecule has 132 valence electrons. The molecule has 6 nitrogen and oxygen atoms in total. The summed E-state index contributed by atoms with van der Waals surface area (Å²) >= 11 is 1.72. The van der Waals surface area contributed by atoms with Crippen molar-refractivity contribution >= 4 is 17.2 Å². The first-order valence-corrected chi connectivity index (χ1v) is 9.50. The SMILES string of the molecule is Cc1ncsc1CN1C[C@@H]2[C@H](CNC(=O)c3cccnc3)CO[C@@H]2C1. The number of thiazole rings is 1. The van der Waals surface area contributed by atoms with Gasteiger partial charge < -0.3 is 10.1 Å². The van der Waals surface area contributed by atoms with Crippen LogP contribution in [0.5, 0.6) is 0 Å². The molecule has 0 saturated carbocycles. The third-order valence-electron chi connectivity index (χ3n) is 5.18. The van der Waals surface area contributed by atoms with E-state index in [1.54, 1.807) is 35.9 Å². The van der Waals surface area contributed by atoms with E-state index in [2.05, 4.69) is 27.1 Å². The van der Waals surface area contributed by atoms with Crippen LogP contribution in [0.3, 0.4) is 0 Å². The molecular weight excluding hydrogens is 336 g/mol. The van der Waals surface area contributed by atoms with Crippen molar-refractivity contribution in [3.63, 3.8) is 0 Å². The van der Waals surface area contributed by atoms with Crippen LogP contribution in [0.4, 0.5) is 0 Å². The number of pyridine rings is 1. The van der Waals surface area contributed by atoms with Crippen molar-refractivity contribution in [2.24, 2.45) is 11.8 Å². The van der Waals surface area contributed by atoms with Gasteiger partial charge in [0.25, 0.3) is 5.91 Å². The number of rotatable bonds is 5. The molecule has 0 radical (unpaired) electrons. The first-order chi connectivity index (χ1) is 12.2. The normalized spacial score (nSPS) is 25.9. The van der Waals surface area contributed by atoms with Crippen LogP contribution in [0.15, 0.2) is 30.0 Å². The van der Waals surface area contributed by atoms with E-state index in [1.807, 2.05) is 5.51 Å². The van der Waals surface area contributed by atoms with E-state index in [9.17, 15) is 4.79 Å². The van der Waals surface area contributed by atoms with Gasteiger partial charge in [-0.25, -0.2) is 4.98 Å². The molecule has 0 spiro atoms. The number of fused-ring (bicyclic) bond motifs is 1. The summed E-state index contributed by atoms with van der Waals surface area (Å²) in [4.78, 5) is 24.3. The molecule has 7 heteroatoms. The molecule has 1 N–H and O–H groups in total. The third-order valence-corrected chi connectivity index (χ3v) is 6.10. The molecule has 1 amide bonds. The van der Waals surface area contributed by atoms with Crippen molar-refractivity contribution in [1.82, 2.24) is 20.2 Å². The predicted molar refractivity (Wildman–Crippen MR) is 95.4 cm³/mol. The first kappa shape index (κ1) is 16.6. The fourth-order valence-electron chi connectivity index (χ4n) is 3.72. The highest BCUT2D eigenvalue weighted by Gasteiger charge is 2.43. The highest BCUT2D eigenvalue weighted by molar-refractivity contribution is 7.09. The van der Waals surface area contributed by atoms with Gasteiger partial charge in [-0.2, -0.15) is 0 Å². The molecule has 2 saturated heterocycles. The average Bonchev–Trinajstić information content (AvgIpc) is 3.31. The summed E-state index contributed by atoms with van der Waals surface area (Å²) in [7, 11) is 0. The Morgan fingerprint density at radius 1 is 1.48 bits per heavy atom. The van der Waals surface area contributed by atoms with Gasteiger partial charge in [0.1, 0.15) is 0 Å². The zero-order valence-electron chi connectivity index (χ0n) is 14.2. The molecule has 2 aliphatic heterocycles.